The Labute approximate surface area is 90.8 Å². The molecule has 2 aliphatic carbocycles. The first-order valence-corrected chi connectivity index (χ1v) is 5.81. The van der Waals surface area contributed by atoms with E-state index in [9.17, 15) is 9.90 Å². The Balaban J connectivity index is 2.24. The van der Waals surface area contributed by atoms with Crippen LogP contribution >= 0.6 is 0 Å². The van der Waals surface area contributed by atoms with E-state index in [1.165, 1.54) is 0 Å². The van der Waals surface area contributed by atoms with E-state index in [0.717, 1.165) is 25.7 Å². The van der Waals surface area contributed by atoms with Crippen LogP contribution in [0.5, 0.6) is 0 Å². The van der Waals surface area contributed by atoms with Gasteiger partial charge in [-0.05, 0) is 37.5 Å². The molecule has 3 heteroatoms. The maximum atomic E-state index is 10.6. The number of rotatable bonds is 2. The molecule has 2 atom stereocenters. The van der Waals surface area contributed by atoms with Gasteiger partial charge in [0.15, 0.2) is 0 Å². The van der Waals surface area contributed by atoms with Crippen molar-refractivity contribution in [1.29, 1.82) is 0 Å². The summed E-state index contributed by atoms with van der Waals surface area (Å²) in [7, 11) is 0. The third-order valence-electron chi connectivity index (χ3n) is 3.85. The molecule has 15 heavy (non-hydrogen) atoms. The molecular formula is C12H20O3. The van der Waals surface area contributed by atoms with E-state index in [-0.39, 0.29) is 5.60 Å². The zero-order valence-electron chi connectivity index (χ0n) is 9.53. The van der Waals surface area contributed by atoms with Gasteiger partial charge in [0.2, 0.25) is 0 Å². The number of aliphatic hydroxyl groups is 1. The molecule has 0 aromatic heterocycles. The zero-order chi connectivity index (χ0) is 11.1. The Morgan fingerprint density at radius 1 is 1.20 bits per heavy atom. The summed E-state index contributed by atoms with van der Waals surface area (Å²) in [4.78, 5) is 10.6. The van der Waals surface area contributed by atoms with Gasteiger partial charge in [-0.3, -0.25) is 4.79 Å². The molecule has 0 saturated heterocycles. The molecule has 0 aromatic rings. The van der Waals surface area contributed by atoms with Gasteiger partial charge >= 0.3 is 0 Å². The van der Waals surface area contributed by atoms with Gasteiger partial charge in [-0.15, -0.1) is 0 Å². The largest absolute Gasteiger partial charge is 0.461 e. The second-order valence-corrected chi connectivity index (χ2v) is 5.83. The molecule has 0 heterocycles. The van der Waals surface area contributed by atoms with E-state index < -0.39 is 5.60 Å². The molecule has 86 valence electrons. The molecule has 2 bridgehead atoms. The molecule has 0 aromatic carbocycles. The third kappa shape index (κ3) is 2.03. The normalized spacial score (nSPS) is 49.8. The molecule has 3 nitrogen and oxygen atoms in total. The van der Waals surface area contributed by atoms with Crippen molar-refractivity contribution in [1.82, 2.24) is 0 Å². The second kappa shape index (κ2) is 3.48. The Morgan fingerprint density at radius 3 is 2.20 bits per heavy atom. The van der Waals surface area contributed by atoms with Crippen molar-refractivity contribution in [3.05, 3.63) is 0 Å². The van der Waals surface area contributed by atoms with E-state index >= 15 is 0 Å². The van der Waals surface area contributed by atoms with Crippen molar-refractivity contribution in [3.8, 4) is 0 Å². The van der Waals surface area contributed by atoms with Crippen molar-refractivity contribution in [2.75, 3.05) is 0 Å². The highest BCUT2D eigenvalue weighted by atomic mass is 16.5. The molecule has 1 N–H and O–H groups in total. The number of ether oxygens (including phenoxy) is 1. The first kappa shape index (κ1) is 10.9. The van der Waals surface area contributed by atoms with Crippen LogP contribution in [0.2, 0.25) is 0 Å². The quantitative estimate of drug-likeness (QED) is 0.711. The van der Waals surface area contributed by atoms with Crippen LogP contribution < -0.4 is 0 Å². The van der Waals surface area contributed by atoms with Crippen molar-refractivity contribution >= 4 is 6.47 Å². The summed E-state index contributed by atoms with van der Waals surface area (Å²) in [5.74, 6) is 0.882. The summed E-state index contributed by atoms with van der Waals surface area (Å²) in [5.41, 5.74) is -0.982. The van der Waals surface area contributed by atoms with E-state index in [1.807, 2.05) is 0 Å². The van der Waals surface area contributed by atoms with Crippen LogP contribution in [-0.4, -0.2) is 22.8 Å². The maximum Gasteiger partial charge on any atom is 0.293 e. The lowest BCUT2D eigenvalue weighted by Crippen LogP contribution is -2.55. The highest BCUT2D eigenvalue weighted by Gasteiger charge is 2.52. The summed E-state index contributed by atoms with van der Waals surface area (Å²) < 4.78 is 5.31. The lowest BCUT2D eigenvalue weighted by Gasteiger charge is -2.52. The van der Waals surface area contributed by atoms with E-state index in [2.05, 4.69) is 13.8 Å². The molecule has 2 saturated carbocycles. The molecule has 2 fully saturated rings. The highest BCUT2D eigenvalue weighted by Crippen LogP contribution is 2.51. The number of hydrogen-bond donors (Lipinski definition) is 1. The van der Waals surface area contributed by atoms with Gasteiger partial charge in [0.25, 0.3) is 6.47 Å². The van der Waals surface area contributed by atoms with Gasteiger partial charge in [-0.25, -0.2) is 0 Å². The summed E-state index contributed by atoms with van der Waals surface area (Å²) in [6, 6.07) is 0. The van der Waals surface area contributed by atoms with Gasteiger partial charge in [-0.2, -0.15) is 0 Å². The van der Waals surface area contributed by atoms with Gasteiger partial charge in [-0.1, -0.05) is 13.8 Å². The highest BCUT2D eigenvalue weighted by molar-refractivity contribution is 5.39. The summed E-state index contributed by atoms with van der Waals surface area (Å²) >= 11 is 0. The van der Waals surface area contributed by atoms with E-state index in [4.69, 9.17) is 4.74 Å². The van der Waals surface area contributed by atoms with Crippen LogP contribution in [0.25, 0.3) is 0 Å². The molecule has 2 unspecified atom stereocenters. The average Bonchev–Trinajstić information content (AvgIpc) is 1.97. The van der Waals surface area contributed by atoms with Crippen LogP contribution in [0, 0.1) is 11.8 Å². The molecule has 0 spiro atoms. The minimum Gasteiger partial charge on any atom is -0.461 e. The monoisotopic (exact) mass is 212 g/mol. The lowest BCUT2D eigenvalue weighted by atomic mass is 9.60. The Kier molecular flexibility index (Phi) is 2.53. The third-order valence-corrected chi connectivity index (χ3v) is 3.85. The molecule has 0 radical (unpaired) electrons. The second-order valence-electron chi connectivity index (χ2n) is 5.83. The van der Waals surface area contributed by atoms with Crippen LogP contribution in [0.3, 0.4) is 0 Å². The first-order valence-electron chi connectivity index (χ1n) is 5.81. The topological polar surface area (TPSA) is 46.5 Å². The first-order chi connectivity index (χ1) is 6.97. The van der Waals surface area contributed by atoms with Crippen molar-refractivity contribution in [3.63, 3.8) is 0 Å². The summed E-state index contributed by atoms with van der Waals surface area (Å²) in [5, 5.41) is 10.4. The van der Waals surface area contributed by atoms with Crippen LogP contribution in [0.1, 0.15) is 46.0 Å². The molecule has 2 rings (SSSR count). The fraction of sp³-hybridized carbons (Fsp3) is 0.917. The number of fused-ring (bicyclic) bond motifs is 2. The average molecular weight is 212 g/mol. The maximum absolute atomic E-state index is 10.6. The standard InChI is InChI=1S/C12H20O3/c1-9-3-11(14)4-10(2)6-12(5-9,7-11)15-8-13/h8-10,14H,3-7H2,1-2H3. The van der Waals surface area contributed by atoms with E-state index in [1.54, 1.807) is 0 Å². The molecule has 2 aliphatic rings. The zero-order valence-corrected chi connectivity index (χ0v) is 9.53. The Hall–Kier alpha value is -0.570. The predicted octanol–water partition coefficient (Wildman–Crippen LogP) is 1.88. The van der Waals surface area contributed by atoms with E-state index in [0.29, 0.717) is 24.7 Å². The summed E-state index contributed by atoms with van der Waals surface area (Å²) in [6.07, 6.45) is 4.13. The fourth-order valence-corrected chi connectivity index (χ4v) is 4.01. The van der Waals surface area contributed by atoms with Crippen molar-refractivity contribution in [2.24, 2.45) is 11.8 Å². The molecular weight excluding hydrogens is 192 g/mol. The van der Waals surface area contributed by atoms with Crippen LogP contribution in [0.15, 0.2) is 0 Å². The van der Waals surface area contributed by atoms with Crippen molar-refractivity contribution in [2.45, 2.75) is 57.2 Å². The number of carbonyl (C=O) groups excluding carboxylic acids is 1. The number of carbonyl (C=O) groups is 1. The predicted molar refractivity (Wildman–Crippen MR) is 56.2 cm³/mol. The smallest absolute Gasteiger partial charge is 0.293 e. The SMILES string of the molecule is CC1CC2(O)CC(C)CC(OC=O)(C1)C2. The van der Waals surface area contributed by atoms with Gasteiger partial charge < -0.3 is 9.84 Å². The Bertz CT molecular complexity index is 248. The number of hydrogen-bond acceptors (Lipinski definition) is 3. The van der Waals surface area contributed by atoms with Gasteiger partial charge in [0.1, 0.15) is 5.60 Å². The van der Waals surface area contributed by atoms with Gasteiger partial charge in [0, 0.05) is 6.42 Å². The van der Waals surface area contributed by atoms with Crippen LogP contribution in [-0.2, 0) is 9.53 Å². The minimum absolute atomic E-state index is 0.383. The minimum atomic E-state index is -0.599. The Morgan fingerprint density at radius 2 is 1.73 bits per heavy atom. The molecule has 0 amide bonds. The summed E-state index contributed by atoms with van der Waals surface area (Å²) in [6.45, 7) is 4.81. The van der Waals surface area contributed by atoms with Crippen molar-refractivity contribution < 1.29 is 14.6 Å². The van der Waals surface area contributed by atoms with Crippen LogP contribution in [0.4, 0.5) is 0 Å². The molecule has 0 aliphatic heterocycles. The lowest BCUT2D eigenvalue weighted by molar-refractivity contribution is -0.186. The van der Waals surface area contributed by atoms with Gasteiger partial charge in [0.05, 0.1) is 5.60 Å². The fourth-order valence-electron chi connectivity index (χ4n) is 4.01.